The van der Waals surface area contributed by atoms with Crippen LogP contribution in [0.2, 0.25) is 5.02 Å². The van der Waals surface area contributed by atoms with Gasteiger partial charge < -0.3 is 19.7 Å². The van der Waals surface area contributed by atoms with Crippen molar-refractivity contribution in [2.75, 3.05) is 38.0 Å². The predicted octanol–water partition coefficient (Wildman–Crippen LogP) is 2.07. The van der Waals surface area contributed by atoms with E-state index in [1.807, 2.05) is 23.1 Å². The van der Waals surface area contributed by atoms with Crippen molar-refractivity contribution in [1.29, 1.82) is 0 Å². The van der Waals surface area contributed by atoms with Gasteiger partial charge in [-0.15, -0.1) is 0 Å². The molecule has 2 heterocycles. The molecule has 1 aromatic heterocycles. The molecule has 0 atom stereocenters. The Morgan fingerprint density at radius 1 is 1.17 bits per heavy atom. The Bertz CT molecular complexity index is 927. The molecule has 2 fully saturated rings. The molecule has 4 rings (SSSR count). The van der Waals surface area contributed by atoms with Crippen LogP contribution in [0, 0.1) is 13.8 Å². The highest BCUT2D eigenvalue weighted by Gasteiger charge is 2.31. The van der Waals surface area contributed by atoms with Crippen molar-refractivity contribution in [3.63, 3.8) is 0 Å². The van der Waals surface area contributed by atoms with E-state index in [-0.39, 0.29) is 11.8 Å². The molecule has 1 saturated carbocycles. The van der Waals surface area contributed by atoms with Gasteiger partial charge in [-0.3, -0.25) is 9.59 Å². The average Bonchev–Trinajstić information content (AvgIpc) is 3.48. The Morgan fingerprint density at radius 2 is 1.86 bits per heavy atom. The number of aryl methyl sites for hydroxylation is 1. The summed E-state index contributed by atoms with van der Waals surface area (Å²) in [5.74, 6) is 0.0606. The second-order valence-corrected chi connectivity index (χ2v) is 8.54. The number of aromatic nitrogens is 1. The van der Waals surface area contributed by atoms with Gasteiger partial charge in [0, 0.05) is 17.4 Å². The Hall–Kier alpha value is -2.31. The molecule has 2 N–H and O–H groups in total. The molecule has 0 radical (unpaired) electrons. The largest absolute Gasteiger partial charge is 0.345 e. The topological polar surface area (TPSA) is 58.8 Å². The molecule has 2 aromatic rings. The van der Waals surface area contributed by atoms with E-state index >= 15 is 0 Å². The third-order valence-corrected chi connectivity index (χ3v) is 6.27. The summed E-state index contributed by atoms with van der Waals surface area (Å²) in [7, 11) is 0. The van der Waals surface area contributed by atoms with Gasteiger partial charge in [-0.05, 0) is 44.9 Å². The number of hydrogen-bond acceptors (Lipinski definition) is 2. The first-order chi connectivity index (χ1) is 13.9. The molecule has 7 heteroatoms. The highest BCUT2D eigenvalue weighted by atomic mass is 35.5. The minimum Gasteiger partial charge on any atom is -0.345 e. The van der Waals surface area contributed by atoms with Gasteiger partial charge in [-0.1, -0.05) is 23.7 Å². The van der Waals surface area contributed by atoms with Crippen molar-refractivity contribution in [2.45, 2.75) is 32.7 Å². The van der Waals surface area contributed by atoms with Gasteiger partial charge in [0.05, 0.1) is 42.5 Å². The first-order valence-corrected chi connectivity index (χ1v) is 10.7. The van der Waals surface area contributed by atoms with Crippen molar-refractivity contribution in [3.8, 4) is 0 Å². The van der Waals surface area contributed by atoms with Gasteiger partial charge in [-0.2, -0.15) is 0 Å². The Kier molecular flexibility index (Phi) is 5.65. The van der Waals surface area contributed by atoms with Gasteiger partial charge in [0.2, 0.25) is 0 Å². The summed E-state index contributed by atoms with van der Waals surface area (Å²) < 4.78 is 2.31. The lowest BCUT2D eigenvalue weighted by molar-refractivity contribution is -0.895. The first-order valence-electron chi connectivity index (χ1n) is 10.3. The predicted molar refractivity (Wildman–Crippen MR) is 114 cm³/mol. The molecule has 1 aliphatic carbocycles. The SMILES string of the molecule is Cc1cc(C(=O)N2CC[NH+](CC(=O)Nc3ccccc3Cl)CC2)c(C)n1C1CC1. The molecule has 2 aliphatic rings. The molecule has 1 aliphatic heterocycles. The summed E-state index contributed by atoms with van der Waals surface area (Å²) in [4.78, 5) is 28.5. The van der Waals surface area contributed by atoms with Crippen LogP contribution >= 0.6 is 11.6 Å². The molecule has 0 bridgehead atoms. The normalized spacial score (nSPS) is 17.4. The Balaban J connectivity index is 1.31. The lowest BCUT2D eigenvalue weighted by Crippen LogP contribution is -3.15. The molecule has 2 amide bonds. The number of para-hydroxylation sites is 1. The van der Waals surface area contributed by atoms with Crippen molar-refractivity contribution >= 4 is 29.1 Å². The fraction of sp³-hybridized carbons (Fsp3) is 0.455. The smallest absolute Gasteiger partial charge is 0.279 e. The summed E-state index contributed by atoms with van der Waals surface area (Å²) in [5.41, 5.74) is 3.73. The second-order valence-electron chi connectivity index (χ2n) is 8.13. The second kappa shape index (κ2) is 8.20. The number of nitrogens with zero attached hydrogens (tertiary/aromatic N) is 2. The van der Waals surface area contributed by atoms with Crippen molar-refractivity contribution < 1.29 is 14.5 Å². The van der Waals surface area contributed by atoms with Crippen LogP contribution < -0.4 is 10.2 Å². The van der Waals surface area contributed by atoms with Gasteiger partial charge >= 0.3 is 0 Å². The number of amides is 2. The van der Waals surface area contributed by atoms with Crippen LogP contribution in [0.25, 0.3) is 0 Å². The molecule has 154 valence electrons. The maximum Gasteiger partial charge on any atom is 0.279 e. The number of halogens is 1. The van der Waals surface area contributed by atoms with E-state index in [2.05, 4.69) is 23.7 Å². The van der Waals surface area contributed by atoms with Crippen LogP contribution in [0.3, 0.4) is 0 Å². The number of anilines is 1. The lowest BCUT2D eigenvalue weighted by Gasteiger charge is -2.32. The summed E-state index contributed by atoms with van der Waals surface area (Å²) in [6.45, 7) is 7.39. The highest BCUT2D eigenvalue weighted by molar-refractivity contribution is 6.33. The number of rotatable bonds is 5. The average molecular weight is 416 g/mol. The standard InChI is InChI=1S/C22H27ClN4O2/c1-15-13-18(16(2)27(15)17-7-8-17)22(29)26-11-9-25(10-12-26)14-21(28)24-20-6-4-3-5-19(20)23/h3-6,13,17H,7-12,14H2,1-2H3,(H,24,28)/p+1. The van der Waals surface area contributed by atoms with Crippen LogP contribution in [0.15, 0.2) is 30.3 Å². The maximum absolute atomic E-state index is 13.0. The number of quaternary nitrogens is 1. The molecule has 0 unspecified atom stereocenters. The zero-order valence-corrected chi connectivity index (χ0v) is 17.8. The van der Waals surface area contributed by atoms with Crippen LogP contribution in [0.1, 0.15) is 40.6 Å². The van der Waals surface area contributed by atoms with E-state index in [4.69, 9.17) is 11.6 Å². The van der Waals surface area contributed by atoms with Crippen LogP contribution in [0.5, 0.6) is 0 Å². The fourth-order valence-corrected chi connectivity index (χ4v) is 4.43. The number of carbonyl (C=O) groups is 2. The number of carbonyl (C=O) groups excluding carboxylic acids is 2. The molecule has 29 heavy (non-hydrogen) atoms. The highest BCUT2D eigenvalue weighted by Crippen LogP contribution is 2.38. The minimum atomic E-state index is -0.0548. The zero-order valence-electron chi connectivity index (χ0n) is 17.0. The van der Waals surface area contributed by atoms with E-state index < -0.39 is 0 Å². The molecular weight excluding hydrogens is 388 g/mol. The summed E-state index contributed by atoms with van der Waals surface area (Å²) in [5, 5.41) is 3.41. The quantitative estimate of drug-likeness (QED) is 0.785. The van der Waals surface area contributed by atoms with Gasteiger partial charge in [0.25, 0.3) is 11.8 Å². The summed E-state index contributed by atoms with van der Waals surface area (Å²) in [6, 6.07) is 9.85. The van der Waals surface area contributed by atoms with Crippen LogP contribution in [-0.4, -0.2) is 54.0 Å². The zero-order chi connectivity index (χ0) is 20.5. The van der Waals surface area contributed by atoms with Crippen LogP contribution in [0.4, 0.5) is 5.69 Å². The first kappa shape index (κ1) is 20.0. The minimum absolute atomic E-state index is 0.0548. The third-order valence-electron chi connectivity index (χ3n) is 5.94. The van der Waals surface area contributed by atoms with E-state index in [9.17, 15) is 9.59 Å². The Morgan fingerprint density at radius 3 is 2.52 bits per heavy atom. The van der Waals surface area contributed by atoms with E-state index in [0.29, 0.717) is 36.4 Å². The molecule has 0 spiro atoms. The van der Waals surface area contributed by atoms with Gasteiger partial charge in [0.15, 0.2) is 6.54 Å². The molecule has 1 aromatic carbocycles. The lowest BCUT2D eigenvalue weighted by atomic mass is 10.2. The third kappa shape index (κ3) is 4.33. The van der Waals surface area contributed by atoms with E-state index in [0.717, 1.165) is 24.3 Å². The number of benzene rings is 1. The fourth-order valence-electron chi connectivity index (χ4n) is 4.25. The van der Waals surface area contributed by atoms with Gasteiger partial charge in [0.1, 0.15) is 0 Å². The van der Waals surface area contributed by atoms with Crippen molar-refractivity contribution in [1.82, 2.24) is 9.47 Å². The molecular formula is C22H28ClN4O2+. The summed E-state index contributed by atoms with van der Waals surface area (Å²) >= 11 is 6.10. The molecule has 6 nitrogen and oxygen atoms in total. The van der Waals surface area contributed by atoms with Crippen molar-refractivity contribution in [2.24, 2.45) is 0 Å². The molecule has 1 saturated heterocycles. The number of hydrogen-bond donors (Lipinski definition) is 2. The number of piperazine rings is 1. The van der Waals surface area contributed by atoms with Gasteiger partial charge in [-0.25, -0.2) is 0 Å². The van der Waals surface area contributed by atoms with Crippen molar-refractivity contribution in [3.05, 3.63) is 52.3 Å². The number of nitrogens with one attached hydrogen (secondary N) is 2. The maximum atomic E-state index is 13.0. The van der Waals surface area contributed by atoms with Crippen LogP contribution in [-0.2, 0) is 4.79 Å². The monoisotopic (exact) mass is 415 g/mol. The summed E-state index contributed by atoms with van der Waals surface area (Å²) in [6.07, 6.45) is 2.42. The van der Waals surface area contributed by atoms with E-state index in [1.54, 1.807) is 12.1 Å². The Labute approximate surface area is 176 Å². The van der Waals surface area contributed by atoms with E-state index in [1.165, 1.54) is 23.4 Å².